The van der Waals surface area contributed by atoms with Crippen molar-refractivity contribution in [3.8, 4) is 0 Å². The van der Waals surface area contributed by atoms with Crippen LogP contribution in [-0.2, 0) is 9.59 Å². The third kappa shape index (κ3) is 9.33. The number of allylic oxidation sites excluding steroid dienone is 9. The molecule has 2 N–H and O–H groups in total. The molecule has 4 nitrogen and oxygen atoms in total. The molecule has 0 amide bonds. The first-order valence-electron chi connectivity index (χ1n) is 9.29. The average Bonchev–Trinajstić information content (AvgIpc) is 2.96. The van der Waals surface area contributed by atoms with Crippen LogP contribution in [0.3, 0.4) is 0 Å². The Morgan fingerprint density at radius 3 is 2.46 bits per heavy atom. The Labute approximate surface area is 156 Å². The van der Waals surface area contributed by atoms with Gasteiger partial charge in [0, 0.05) is 18.3 Å². The number of aliphatic hydroxyl groups excluding tert-OH is 1. The lowest BCUT2D eigenvalue weighted by atomic mass is 9.90. The molecule has 4 heteroatoms. The molecule has 0 bridgehead atoms. The number of hydrogen-bond acceptors (Lipinski definition) is 3. The van der Waals surface area contributed by atoms with Crippen molar-refractivity contribution in [1.82, 2.24) is 0 Å². The Balaban J connectivity index is 2.39. The summed E-state index contributed by atoms with van der Waals surface area (Å²) in [6.45, 7) is 2.11. The van der Waals surface area contributed by atoms with Crippen molar-refractivity contribution in [3.05, 3.63) is 60.8 Å². The molecule has 0 aliphatic heterocycles. The minimum atomic E-state index is -0.924. The van der Waals surface area contributed by atoms with E-state index in [0.717, 1.165) is 19.3 Å². The fourth-order valence-electron chi connectivity index (χ4n) is 2.70. The van der Waals surface area contributed by atoms with Gasteiger partial charge in [-0.1, -0.05) is 61.6 Å². The number of carbonyl (C=O) groups excluding carboxylic acids is 1. The zero-order chi connectivity index (χ0) is 19.2. The van der Waals surface area contributed by atoms with Crippen molar-refractivity contribution in [2.75, 3.05) is 0 Å². The van der Waals surface area contributed by atoms with Crippen LogP contribution in [0.15, 0.2) is 60.8 Å². The number of aliphatic carboxylic acids is 1. The summed E-state index contributed by atoms with van der Waals surface area (Å²) in [6.07, 6.45) is 22.3. The first-order chi connectivity index (χ1) is 12.5. The molecule has 1 rings (SSSR count). The molecular formula is C22H30O4. The van der Waals surface area contributed by atoms with Gasteiger partial charge in [0.25, 0.3) is 0 Å². The van der Waals surface area contributed by atoms with Crippen LogP contribution in [0.1, 0.15) is 45.4 Å². The fourth-order valence-corrected chi connectivity index (χ4v) is 2.70. The normalized spacial score (nSPS) is 21.8. The summed E-state index contributed by atoms with van der Waals surface area (Å²) in [5.74, 6) is -0.997. The molecule has 0 aromatic heterocycles. The van der Waals surface area contributed by atoms with Crippen LogP contribution in [0.25, 0.3) is 0 Å². The molecule has 0 radical (unpaired) electrons. The van der Waals surface area contributed by atoms with Crippen molar-refractivity contribution >= 4 is 11.8 Å². The topological polar surface area (TPSA) is 74.6 Å². The van der Waals surface area contributed by atoms with Crippen molar-refractivity contribution < 1.29 is 19.8 Å². The standard InChI is InChI=1S/C22H30O4/c1-2-3-4-5-6-7-8-9-10-11-20-18(13-16-21(20)24)12-14-19(23)15-17-22(25)26/h3-4,6-7,9-10,12-14,16,18-20,23H,2,5,8,11,15,17H2,1H3,(H,25,26)/b4-3-,7-6-,10-9-,14-12+/t18-,19-,20-/m1/s1. The molecule has 0 spiro atoms. The molecule has 0 aromatic carbocycles. The van der Waals surface area contributed by atoms with E-state index in [4.69, 9.17) is 5.11 Å². The van der Waals surface area contributed by atoms with Crippen molar-refractivity contribution in [3.63, 3.8) is 0 Å². The summed E-state index contributed by atoms with van der Waals surface area (Å²) in [4.78, 5) is 22.5. The fraction of sp³-hybridized carbons (Fsp3) is 0.455. The summed E-state index contributed by atoms with van der Waals surface area (Å²) in [5.41, 5.74) is 0. The smallest absolute Gasteiger partial charge is 0.303 e. The highest BCUT2D eigenvalue weighted by molar-refractivity contribution is 5.95. The molecule has 142 valence electrons. The van der Waals surface area contributed by atoms with Gasteiger partial charge < -0.3 is 10.2 Å². The molecule has 0 aromatic rings. The van der Waals surface area contributed by atoms with Crippen LogP contribution in [0.5, 0.6) is 0 Å². The maximum Gasteiger partial charge on any atom is 0.303 e. The van der Waals surface area contributed by atoms with Crippen LogP contribution in [-0.4, -0.2) is 28.1 Å². The Hall–Kier alpha value is -2.20. The molecule has 3 atom stereocenters. The molecule has 0 unspecified atom stereocenters. The van der Waals surface area contributed by atoms with Crippen LogP contribution in [0, 0.1) is 11.8 Å². The van der Waals surface area contributed by atoms with E-state index in [1.165, 1.54) is 0 Å². The maximum absolute atomic E-state index is 12.0. The number of ketones is 1. The Bertz CT molecular complexity index is 581. The van der Waals surface area contributed by atoms with Crippen LogP contribution < -0.4 is 0 Å². The lowest BCUT2D eigenvalue weighted by molar-refractivity contribution is -0.137. The third-order valence-corrected chi connectivity index (χ3v) is 4.19. The van der Waals surface area contributed by atoms with Gasteiger partial charge in [0.05, 0.1) is 6.10 Å². The van der Waals surface area contributed by atoms with Crippen molar-refractivity contribution in [2.45, 2.75) is 51.6 Å². The van der Waals surface area contributed by atoms with E-state index in [2.05, 4.69) is 37.3 Å². The minimum Gasteiger partial charge on any atom is -0.481 e. The van der Waals surface area contributed by atoms with Crippen LogP contribution >= 0.6 is 0 Å². The van der Waals surface area contributed by atoms with Gasteiger partial charge in [-0.05, 0) is 38.2 Å². The molecule has 0 saturated heterocycles. The highest BCUT2D eigenvalue weighted by Gasteiger charge is 2.27. The molecule has 1 aliphatic carbocycles. The van der Waals surface area contributed by atoms with E-state index in [0.29, 0.717) is 6.42 Å². The van der Waals surface area contributed by atoms with E-state index in [-0.39, 0.29) is 30.5 Å². The first kappa shape index (κ1) is 21.8. The average molecular weight is 358 g/mol. The number of hydrogen-bond donors (Lipinski definition) is 2. The molecule has 0 saturated carbocycles. The van der Waals surface area contributed by atoms with Crippen LogP contribution in [0.2, 0.25) is 0 Å². The summed E-state index contributed by atoms with van der Waals surface area (Å²) in [6, 6.07) is 0. The van der Waals surface area contributed by atoms with Gasteiger partial charge >= 0.3 is 5.97 Å². The lowest BCUT2D eigenvalue weighted by Crippen LogP contribution is -2.14. The largest absolute Gasteiger partial charge is 0.481 e. The predicted octanol–water partition coefficient (Wildman–Crippen LogP) is 4.39. The van der Waals surface area contributed by atoms with Gasteiger partial charge in [-0.15, -0.1) is 0 Å². The molecule has 26 heavy (non-hydrogen) atoms. The second-order valence-corrected chi connectivity index (χ2v) is 6.36. The molecule has 1 aliphatic rings. The van der Waals surface area contributed by atoms with Crippen molar-refractivity contribution in [1.29, 1.82) is 0 Å². The number of carboxylic acids is 1. The van der Waals surface area contributed by atoms with Crippen LogP contribution in [0.4, 0.5) is 0 Å². The van der Waals surface area contributed by atoms with Gasteiger partial charge in [0.1, 0.15) is 0 Å². The second-order valence-electron chi connectivity index (χ2n) is 6.36. The number of carboxylic acid groups (broad SMARTS) is 1. The molecular weight excluding hydrogens is 328 g/mol. The highest BCUT2D eigenvalue weighted by Crippen LogP contribution is 2.27. The number of aliphatic hydroxyl groups is 1. The molecule has 0 heterocycles. The number of rotatable bonds is 12. The maximum atomic E-state index is 12.0. The minimum absolute atomic E-state index is 0.0404. The van der Waals surface area contributed by atoms with E-state index < -0.39 is 12.1 Å². The summed E-state index contributed by atoms with van der Waals surface area (Å²) >= 11 is 0. The zero-order valence-electron chi connectivity index (χ0n) is 15.5. The second kappa shape index (κ2) is 13.1. The zero-order valence-corrected chi connectivity index (χ0v) is 15.5. The quantitative estimate of drug-likeness (QED) is 0.507. The molecule has 0 fully saturated rings. The summed E-state index contributed by atoms with van der Waals surface area (Å²) in [7, 11) is 0. The van der Waals surface area contributed by atoms with Gasteiger partial charge in [-0.2, -0.15) is 0 Å². The van der Waals surface area contributed by atoms with E-state index in [9.17, 15) is 14.7 Å². The van der Waals surface area contributed by atoms with Gasteiger partial charge in [-0.25, -0.2) is 0 Å². The van der Waals surface area contributed by atoms with E-state index >= 15 is 0 Å². The lowest BCUT2D eigenvalue weighted by Gasteiger charge is -2.13. The summed E-state index contributed by atoms with van der Waals surface area (Å²) in [5, 5.41) is 18.4. The third-order valence-electron chi connectivity index (χ3n) is 4.19. The Morgan fingerprint density at radius 1 is 1.15 bits per heavy atom. The monoisotopic (exact) mass is 358 g/mol. The highest BCUT2D eigenvalue weighted by atomic mass is 16.4. The Morgan fingerprint density at radius 2 is 1.81 bits per heavy atom. The predicted molar refractivity (Wildman–Crippen MR) is 105 cm³/mol. The number of carbonyl (C=O) groups is 2. The summed E-state index contributed by atoms with van der Waals surface area (Å²) < 4.78 is 0. The van der Waals surface area contributed by atoms with E-state index in [1.807, 2.05) is 18.2 Å². The van der Waals surface area contributed by atoms with Gasteiger partial charge in [-0.3, -0.25) is 9.59 Å². The van der Waals surface area contributed by atoms with Crippen molar-refractivity contribution in [2.24, 2.45) is 11.8 Å². The first-order valence-corrected chi connectivity index (χ1v) is 9.29. The van der Waals surface area contributed by atoms with Gasteiger partial charge in [0.15, 0.2) is 5.78 Å². The Kier molecular flexibility index (Phi) is 11.0. The van der Waals surface area contributed by atoms with Gasteiger partial charge in [0.2, 0.25) is 0 Å². The van der Waals surface area contributed by atoms with E-state index in [1.54, 1.807) is 12.2 Å². The SMILES string of the molecule is CC/C=C\C/C=C\C/C=C\C[C@H]1C(=O)C=C[C@H]1/C=C/[C@@H](O)CCC(=O)O.